The van der Waals surface area contributed by atoms with E-state index in [0.717, 1.165) is 16.2 Å². The first-order chi connectivity index (χ1) is 9.67. The third kappa shape index (κ3) is 3.02. The second kappa shape index (κ2) is 6.57. The molecule has 4 heteroatoms. The normalized spacial score (nSPS) is 11.9. The van der Waals surface area contributed by atoms with Gasteiger partial charge in [-0.05, 0) is 43.0 Å². The van der Waals surface area contributed by atoms with E-state index in [9.17, 15) is 4.79 Å². The molecule has 20 heavy (non-hydrogen) atoms. The van der Waals surface area contributed by atoms with Crippen LogP contribution in [0.25, 0.3) is 0 Å². The van der Waals surface area contributed by atoms with Crippen LogP contribution in [0.5, 0.6) is 5.75 Å². The molecule has 0 radical (unpaired) electrons. The molecule has 1 atom stereocenters. The van der Waals surface area contributed by atoms with Crippen LogP contribution in [0, 0.1) is 0 Å². The molecule has 1 heterocycles. The molecule has 1 aromatic carbocycles. The Hall–Kier alpha value is -1.81. The summed E-state index contributed by atoms with van der Waals surface area (Å²) in [7, 11) is 1.65. The average molecular weight is 289 g/mol. The summed E-state index contributed by atoms with van der Waals surface area (Å²) in [6.07, 6.45) is 0. The van der Waals surface area contributed by atoms with Gasteiger partial charge < -0.3 is 9.64 Å². The Morgan fingerprint density at radius 1 is 1.35 bits per heavy atom. The molecule has 0 spiro atoms. The number of thiophene rings is 1. The highest BCUT2D eigenvalue weighted by Gasteiger charge is 2.22. The maximum absolute atomic E-state index is 12.5. The van der Waals surface area contributed by atoms with Crippen LogP contribution in [0.2, 0.25) is 0 Å². The average Bonchev–Trinajstić information content (AvgIpc) is 3.02. The quantitative estimate of drug-likeness (QED) is 0.833. The second-order valence-electron chi connectivity index (χ2n) is 4.52. The molecule has 0 bridgehead atoms. The number of ether oxygens (including phenoxy) is 1. The van der Waals surface area contributed by atoms with Crippen molar-refractivity contribution in [2.45, 2.75) is 19.9 Å². The molecule has 1 amide bonds. The Bertz CT molecular complexity index is 566. The van der Waals surface area contributed by atoms with Crippen molar-refractivity contribution in [1.29, 1.82) is 0 Å². The number of amides is 1. The lowest BCUT2D eigenvalue weighted by Gasteiger charge is -2.28. The van der Waals surface area contributed by atoms with E-state index in [-0.39, 0.29) is 11.9 Å². The standard InChI is InChI=1S/C16H19NO2S/c1-4-17(16(18)15-9-6-10-20-15)12(2)13-7-5-8-14(11-13)19-3/h5-12H,4H2,1-3H3. The molecule has 0 aliphatic rings. The highest BCUT2D eigenvalue weighted by atomic mass is 32.1. The lowest BCUT2D eigenvalue weighted by molar-refractivity contribution is 0.0707. The lowest BCUT2D eigenvalue weighted by atomic mass is 10.1. The Kier molecular flexibility index (Phi) is 4.79. The smallest absolute Gasteiger partial charge is 0.264 e. The van der Waals surface area contributed by atoms with Crippen molar-refractivity contribution in [3.8, 4) is 5.75 Å². The first-order valence-electron chi connectivity index (χ1n) is 6.65. The van der Waals surface area contributed by atoms with E-state index in [1.165, 1.54) is 11.3 Å². The van der Waals surface area contributed by atoms with Crippen molar-refractivity contribution in [1.82, 2.24) is 4.90 Å². The molecule has 0 saturated carbocycles. The van der Waals surface area contributed by atoms with Gasteiger partial charge in [0.2, 0.25) is 0 Å². The van der Waals surface area contributed by atoms with E-state index in [1.807, 2.05) is 60.5 Å². The van der Waals surface area contributed by atoms with Gasteiger partial charge in [-0.25, -0.2) is 0 Å². The van der Waals surface area contributed by atoms with Gasteiger partial charge in [0.25, 0.3) is 5.91 Å². The predicted molar refractivity (Wildman–Crippen MR) is 82.4 cm³/mol. The monoisotopic (exact) mass is 289 g/mol. The molecular weight excluding hydrogens is 270 g/mol. The molecule has 2 rings (SSSR count). The maximum atomic E-state index is 12.5. The molecule has 0 N–H and O–H groups in total. The van der Waals surface area contributed by atoms with Crippen LogP contribution in [0.4, 0.5) is 0 Å². The number of benzene rings is 1. The minimum absolute atomic E-state index is 0.0182. The number of carbonyl (C=O) groups is 1. The van der Waals surface area contributed by atoms with E-state index in [0.29, 0.717) is 6.54 Å². The van der Waals surface area contributed by atoms with Crippen LogP contribution in [0.3, 0.4) is 0 Å². The highest BCUT2D eigenvalue weighted by Crippen LogP contribution is 2.26. The van der Waals surface area contributed by atoms with Crippen molar-refractivity contribution >= 4 is 17.2 Å². The van der Waals surface area contributed by atoms with Gasteiger partial charge in [0.1, 0.15) is 5.75 Å². The van der Waals surface area contributed by atoms with Crippen LogP contribution in [0.1, 0.15) is 35.1 Å². The van der Waals surface area contributed by atoms with Crippen molar-refractivity contribution in [2.24, 2.45) is 0 Å². The summed E-state index contributed by atoms with van der Waals surface area (Å²) >= 11 is 1.48. The summed E-state index contributed by atoms with van der Waals surface area (Å²) in [6, 6.07) is 11.7. The minimum Gasteiger partial charge on any atom is -0.497 e. The largest absolute Gasteiger partial charge is 0.497 e. The molecule has 1 aromatic heterocycles. The van der Waals surface area contributed by atoms with Crippen molar-refractivity contribution in [3.05, 3.63) is 52.2 Å². The Morgan fingerprint density at radius 3 is 2.75 bits per heavy atom. The fourth-order valence-corrected chi connectivity index (χ4v) is 2.90. The third-order valence-corrected chi connectivity index (χ3v) is 4.24. The number of rotatable bonds is 5. The molecule has 0 fully saturated rings. The van der Waals surface area contributed by atoms with Gasteiger partial charge in [0.05, 0.1) is 18.0 Å². The molecule has 0 aliphatic carbocycles. The number of carbonyl (C=O) groups excluding carboxylic acids is 1. The van der Waals surface area contributed by atoms with Crippen molar-refractivity contribution in [3.63, 3.8) is 0 Å². The van der Waals surface area contributed by atoms with Gasteiger partial charge in [-0.2, -0.15) is 0 Å². The highest BCUT2D eigenvalue weighted by molar-refractivity contribution is 7.12. The molecule has 0 aliphatic heterocycles. The predicted octanol–water partition coefficient (Wildman–Crippen LogP) is 3.98. The molecule has 2 aromatic rings. The first-order valence-corrected chi connectivity index (χ1v) is 7.53. The summed E-state index contributed by atoms with van der Waals surface area (Å²) in [5, 5.41) is 1.93. The SMILES string of the molecule is CCN(C(=O)c1cccs1)C(C)c1cccc(OC)c1. The van der Waals surface area contributed by atoms with E-state index < -0.39 is 0 Å². The summed E-state index contributed by atoms with van der Waals surface area (Å²) in [5.41, 5.74) is 1.08. The molecule has 0 saturated heterocycles. The summed E-state index contributed by atoms with van der Waals surface area (Å²) in [5.74, 6) is 0.895. The van der Waals surface area contributed by atoms with Gasteiger partial charge in [0.15, 0.2) is 0 Å². The molecular formula is C16H19NO2S. The number of hydrogen-bond donors (Lipinski definition) is 0. The molecule has 3 nitrogen and oxygen atoms in total. The molecule has 106 valence electrons. The van der Waals surface area contributed by atoms with Crippen molar-refractivity contribution in [2.75, 3.05) is 13.7 Å². The fraction of sp³-hybridized carbons (Fsp3) is 0.312. The lowest BCUT2D eigenvalue weighted by Crippen LogP contribution is -2.32. The van der Waals surface area contributed by atoms with Crippen LogP contribution in [0.15, 0.2) is 41.8 Å². The number of nitrogens with zero attached hydrogens (tertiary/aromatic N) is 1. The minimum atomic E-state index is 0.0182. The van der Waals surface area contributed by atoms with Gasteiger partial charge in [-0.1, -0.05) is 18.2 Å². The van der Waals surface area contributed by atoms with Gasteiger partial charge in [-0.3, -0.25) is 4.79 Å². The Balaban J connectivity index is 2.24. The third-order valence-electron chi connectivity index (χ3n) is 3.38. The van der Waals surface area contributed by atoms with E-state index in [4.69, 9.17) is 4.74 Å². The van der Waals surface area contributed by atoms with Gasteiger partial charge >= 0.3 is 0 Å². The number of hydrogen-bond acceptors (Lipinski definition) is 3. The topological polar surface area (TPSA) is 29.5 Å². The zero-order valence-corrected chi connectivity index (χ0v) is 12.8. The Morgan fingerprint density at radius 2 is 2.15 bits per heavy atom. The second-order valence-corrected chi connectivity index (χ2v) is 5.47. The fourth-order valence-electron chi connectivity index (χ4n) is 2.22. The van der Waals surface area contributed by atoms with Gasteiger partial charge in [0, 0.05) is 6.54 Å². The van der Waals surface area contributed by atoms with E-state index in [2.05, 4.69) is 0 Å². The first kappa shape index (κ1) is 14.6. The van der Waals surface area contributed by atoms with E-state index >= 15 is 0 Å². The van der Waals surface area contributed by atoms with E-state index in [1.54, 1.807) is 7.11 Å². The summed E-state index contributed by atoms with van der Waals surface area (Å²) in [4.78, 5) is 15.2. The van der Waals surface area contributed by atoms with Crippen LogP contribution in [-0.2, 0) is 0 Å². The summed E-state index contributed by atoms with van der Waals surface area (Å²) < 4.78 is 5.25. The molecule has 1 unspecified atom stereocenters. The van der Waals surface area contributed by atoms with Crippen molar-refractivity contribution < 1.29 is 9.53 Å². The summed E-state index contributed by atoms with van der Waals surface area (Å²) in [6.45, 7) is 4.72. The van der Waals surface area contributed by atoms with Crippen LogP contribution >= 0.6 is 11.3 Å². The zero-order valence-electron chi connectivity index (χ0n) is 12.0. The Labute approximate surface area is 123 Å². The van der Waals surface area contributed by atoms with Crippen LogP contribution in [-0.4, -0.2) is 24.5 Å². The maximum Gasteiger partial charge on any atom is 0.264 e. The number of methoxy groups -OCH3 is 1. The van der Waals surface area contributed by atoms with Gasteiger partial charge in [-0.15, -0.1) is 11.3 Å². The van der Waals surface area contributed by atoms with Crippen LogP contribution < -0.4 is 4.74 Å². The zero-order chi connectivity index (χ0) is 14.5.